The fourth-order valence-corrected chi connectivity index (χ4v) is 3.28. The van der Waals surface area contributed by atoms with Crippen LogP contribution < -0.4 is 0 Å². The minimum Gasteiger partial charge on any atom is -0.459 e. The van der Waals surface area contributed by atoms with Crippen LogP contribution in [-0.4, -0.2) is 35.1 Å². The quantitative estimate of drug-likeness (QED) is 0.618. The van der Waals surface area contributed by atoms with Crippen molar-refractivity contribution >= 4 is 5.97 Å². The van der Waals surface area contributed by atoms with Gasteiger partial charge in [0.05, 0.1) is 5.56 Å². The van der Waals surface area contributed by atoms with E-state index in [4.69, 9.17) is 11.2 Å². The van der Waals surface area contributed by atoms with Crippen molar-refractivity contribution in [1.29, 1.82) is 0 Å². The van der Waals surface area contributed by atoms with E-state index in [1.54, 1.807) is 24.3 Å². The Balaban J connectivity index is 2.10. The maximum atomic E-state index is 12.3. The van der Waals surface area contributed by atoms with E-state index in [9.17, 15) is 4.79 Å². The summed E-state index contributed by atoms with van der Waals surface area (Å²) in [6.45, 7) is 8.76. The van der Waals surface area contributed by atoms with E-state index in [2.05, 4.69) is 45.6 Å². The number of rotatable bonds is 2. The molecule has 0 aromatic heterocycles. The van der Waals surface area contributed by atoms with Gasteiger partial charge < -0.3 is 4.74 Å². The molecule has 0 N–H and O–H groups in total. The molecule has 22 heavy (non-hydrogen) atoms. The third-order valence-electron chi connectivity index (χ3n) is 4.83. The molecule has 2 rings (SSSR count). The van der Waals surface area contributed by atoms with Gasteiger partial charge in [-0.3, -0.25) is 4.90 Å². The molecule has 0 aliphatic carbocycles. The summed E-state index contributed by atoms with van der Waals surface area (Å²) < 4.78 is 5.75. The maximum absolute atomic E-state index is 12.3. The maximum Gasteiger partial charge on any atom is 0.338 e. The van der Waals surface area contributed by atoms with Crippen molar-refractivity contribution in [2.24, 2.45) is 0 Å². The predicted molar refractivity (Wildman–Crippen MR) is 88.7 cm³/mol. The molecular formula is C19H25NO2. The lowest BCUT2D eigenvalue weighted by atomic mass is 9.79. The van der Waals surface area contributed by atoms with Gasteiger partial charge in [0.15, 0.2) is 0 Å². The number of nitrogens with zero attached hydrogens (tertiary/aromatic N) is 1. The highest BCUT2D eigenvalue weighted by Gasteiger charge is 2.44. The number of esters is 1. The lowest BCUT2D eigenvalue weighted by Crippen LogP contribution is -2.60. The molecule has 0 atom stereocenters. The van der Waals surface area contributed by atoms with Gasteiger partial charge in [0.1, 0.15) is 6.10 Å². The molecule has 0 radical (unpaired) electrons. The van der Waals surface area contributed by atoms with Gasteiger partial charge in [-0.1, -0.05) is 5.92 Å². The van der Waals surface area contributed by atoms with Gasteiger partial charge in [-0.05, 0) is 59.0 Å². The Kier molecular flexibility index (Phi) is 4.35. The summed E-state index contributed by atoms with van der Waals surface area (Å²) in [7, 11) is 2.14. The van der Waals surface area contributed by atoms with Crippen molar-refractivity contribution in [3.05, 3.63) is 35.4 Å². The average Bonchev–Trinajstić information content (AvgIpc) is 2.44. The van der Waals surface area contributed by atoms with Crippen LogP contribution in [0, 0.1) is 12.3 Å². The second kappa shape index (κ2) is 5.78. The smallest absolute Gasteiger partial charge is 0.338 e. The molecule has 0 amide bonds. The normalized spacial score (nSPS) is 21.1. The second-order valence-electron chi connectivity index (χ2n) is 7.34. The van der Waals surface area contributed by atoms with Crippen LogP contribution in [0.15, 0.2) is 24.3 Å². The molecule has 1 aliphatic heterocycles. The minimum atomic E-state index is -0.273. The van der Waals surface area contributed by atoms with Crippen LogP contribution in [0.4, 0.5) is 0 Å². The topological polar surface area (TPSA) is 29.5 Å². The van der Waals surface area contributed by atoms with Crippen LogP contribution in [0.3, 0.4) is 0 Å². The second-order valence-corrected chi connectivity index (χ2v) is 7.34. The molecular weight excluding hydrogens is 274 g/mol. The molecule has 0 spiro atoms. The molecule has 0 unspecified atom stereocenters. The van der Waals surface area contributed by atoms with Crippen molar-refractivity contribution in [2.45, 2.75) is 57.7 Å². The number of piperidine rings is 1. The Morgan fingerprint density at radius 1 is 1.18 bits per heavy atom. The highest BCUT2D eigenvalue weighted by Crippen LogP contribution is 2.38. The van der Waals surface area contributed by atoms with E-state index in [0.29, 0.717) is 5.56 Å². The van der Waals surface area contributed by atoms with E-state index in [-0.39, 0.29) is 23.2 Å². The summed E-state index contributed by atoms with van der Waals surface area (Å²) in [4.78, 5) is 14.7. The van der Waals surface area contributed by atoms with Crippen molar-refractivity contribution in [3.8, 4) is 12.3 Å². The number of ether oxygens (including phenoxy) is 1. The minimum absolute atomic E-state index is 0.0000234. The average molecular weight is 299 g/mol. The molecule has 1 heterocycles. The highest BCUT2D eigenvalue weighted by atomic mass is 16.5. The Morgan fingerprint density at radius 3 is 2.14 bits per heavy atom. The van der Waals surface area contributed by atoms with E-state index < -0.39 is 0 Å². The monoisotopic (exact) mass is 299 g/mol. The summed E-state index contributed by atoms with van der Waals surface area (Å²) in [5, 5.41) is 0. The number of hydrogen-bond acceptors (Lipinski definition) is 3. The van der Waals surface area contributed by atoms with Gasteiger partial charge in [0.25, 0.3) is 0 Å². The van der Waals surface area contributed by atoms with E-state index in [0.717, 1.165) is 18.4 Å². The number of carbonyl (C=O) groups is 1. The Bertz CT molecular complexity index is 575. The van der Waals surface area contributed by atoms with Gasteiger partial charge in [-0.25, -0.2) is 4.79 Å². The molecule has 118 valence electrons. The van der Waals surface area contributed by atoms with Gasteiger partial charge in [-0.15, -0.1) is 6.42 Å². The summed E-state index contributed by atoms with van der Waals surface area (Å²) >= 11 is 0. The largest absolute Gasteiger partial charge is 0.459 e. The van der Waals surface area contributed by atoms with E-state index in [1.165, 1.54) is 0 Å². The molecule has 1 aliphatic rings. The van der Waals surface area contributed by atoms with Crippen molar-refractivity contribution in [3.63, 3.8) is 0 Å². The van der Waals surface area contributed by atoms with Crippen molar-refractivity contribution in [1.82, 2.24) is 4.90 Å². The fraction of sp³-hybridized carbons (Fsp3) is 0.526. The van der Waals surface area contributed by atoms with Gasteiger partial charge in [-0.2, -0.15) is 0 Å². The van der Waals surface area contributed by atoms with Crippen LogP contribution in [0.1, 0.15) is 56.5 Å². The SMILES string of the molecule is C#Cc1ccc(C(=O)OC2CC(C)(C)N(C)C(C)(C)C2)cc1. The van der Waals surface area contributed by atoms with Crippen molar-refractivity contribution in [2.75, 3.05) is 7.05 Å². The molecule has 1 aromatic rings. The van der Waals surface area contributed by atoms with Crippen LogP contribution in [0.2, 0.25) is 0 Å². The highest BCUT2D eigenvalue weighted by molar-refractivity contribution is 5.89. The molecule has 0 saturated carbocycles. The van der Waals surface area contributed by atoms with Crippen LogP contribution in [0.5, 0.6) is 0 Å². The Hall–Kier alpha value is -1.79. The molecule has 0 bridgehead atoms. The first-order valence-electron chi connectivity index (χ1n) is 7.67. The van der Waals surface area contributed by atoms with Crippen LogP contribution in [0.25, 0.3) is 0 Å². The zero-order valence-corrected chi connectivity index (χ0v) is 14.1. The summed E-state index contributed by atoms with van der Waals surface area (Å²) in [6.07, 6.45) is 6.93. The third-order valence-corrected chi connectivity index (χ3v) is 4.83. The van der Waals surface area contributed by atoms with E-state index >= 15 is 0 Å². The number of hydrogen-bond donors (Lipinski definition) is 0. The summed E-state index contributed by atoms with van der Waals surface area (Å²) in [6, 6.07) is 6.98. The summed E-state index contributed by atoms with van der Waals surface area (Å²) in [5.74, 6) is 2.27. The van der Waals surface area contributed by atoms with Gasteiger partial charge in [0.2, 0.25) is 0 Å². The van der Waals surface area contributed by atoms with Crippen LogP contribution >= 0.6 is 0 Å². The predicted octanol–water partition coefficient (Wildman–Crippen LogP) is 3.48. The van der Waals surface area contributed by atoms with Crippen LogP contribution in [-0.2, 0) is 4.74 Å². The lowest BCUT2D eigenvalue weighted by molar-refractivity contribution is -0.0732. The third kappa shape index (κ3) is 3.34. The summed E-state index contributed by atoms with van der Waals surface area (Å²) in [5.41, 5.74) is 1.31. The zero-order chi connectivity index (χ0) is 16.5. The lowest BCUT2D eigenvalue weighted by Gasteiger charge is -2.53. The zero-order valence-electron chi connectivity index (χ0n) is 14.1. The van der Waals surface area contributed by atoms with Gasteiger partial charge >= 0.3 is 5.97 Å². The fourth-order valence-electron chi connectivity index (χ4n) is 3.28. The molecule has 1 aromatic carbocycles. The van der Waals surface area contributed by atoms with Crippen molar-refractivity contribution < 1.29 is 9.53 Å². The Labute approximate surface area is 133 Å². The molecule has 3 nitrogen and oxygen atoms in total. The molecule has 3 heteroatoms. The molecule has 1 saturated heterocycles. The Morgan fingerprint density at radius 2 is 1.68 bits per heavy atom. The standard InChI is InChI=1S/C19H25NO2/c1-7-14-8-10-15(11-9-14)17(21)22-16-12-18(2,3)20(6)19(4,5)13-16/h1,8-11,16H,12-13H2,2-6H3. The molecule has 1 fully saturated rings. The first-order chi connectivity index (χ1) is 10.2. The first-order valence-corrected chi connectivity index (χ1v) is 7.67. The number of likely N-dealkylation sites (tertiary alicyclic amines) is 1. The first kappa shape index (κ1) is 16.6. The number of terminal acetylenes is 1. The van der Waals surface area contributed by atoms with Gasteiger partial charge in [0, 0.05) is 29.5 Å². The number of benzene rings is 1. The van der Waals surface area contributed by atoms with E-state index in [1.807, 2.05) is 0 Å². The number of carbonyl (C=O) groups excluding carboxylic acids is 1.